The number of aromatic nitrogens is 1. The number of hydrogen-bond acceptors (Lipinski definition) is 4. The lowest BCUT2D eigenvalue weighted by Crippen LogP contribution is -2.34. The number of rotatable bonds is 4. The molecule has 35 heavy (non-hydrogen) atoms. The molecular weight excluding hydrogens is 493 g/mol. The molecule has 182 valence electrons. The quantitative estimate of drug-likeness (QED) is 0.448. The molecule has 4 nitrogen and oxygen atoms in total. The summed E-state index contributed by atoms with van der Waals surface area (Å²) in [7, 11) is 0. The van der Waals surface area contributed by atoms with Gasteiger partial charge in [-0.3, -0.25) is 14.2 Å². The van der Waals surface area contributed by atoms with Gasteiger partial charge in [0, 0.05) is 16.0 Å². The normalized spacial score (nSPS) is 26.9. The number of amides is 1. The Kier molecular flexibility index (Phi) is 5.60. The zero-order valence-corrected chi connectivity index (χ0v) is 20.3. The van der Waals surface area contributed by atoms with Crippen molar-refractivity contribution in [3.8, 4) is 0 Å². The predicted octanol–water partition coefficient (Wildman–Crippen LogP) is 6.22. The predicted molar refractivity (Wildman–Crippen MR) is 131 cm³/mol. The third-order valence-electron chi connectivity index (χ3n) is 7.66. The first-order valence-electron chi connectivity index (χ1n) is 11.7. The van der Waals surface area contributed by atoms with Crippen LogP contribution in [0.1, 0.15) is 41.2 Å². The van der Waals surface area contributed by atoms with E-state index in [2.05, 4.69) is 17.4 Å². The number of para-hydroxylation sites is 1. The van der Waals surface area contributed by atoms with Crippen LogP contribution in [-0.4, -0.2) is 15.7 Å². The van der Waals surface area contributed by atoms with Crippen molar-refractivity contribution in [1.29, 1.82) is 0 Å². The summed E-state index contributed by atoms with van der Waals surface area (Å²) in [4.78, 5) is 26.7. The molecule has 9 heteroatoms. The summed E-state index contributed by atoms with van der Waals surface area (Å²) in [5.41, 5.74) is -0.0185. The summed E-state index contributed by atoms with van der Waals surface area (Å²) >= 11 is 2.88. The molecule has 1 amide bonds. The molecule has 6 rings (SSSR count). The maximum Gasteiger partial charge on any atom is 0.418 e. The van der Waals surface area contributed by atoms with Crippen molar-refractivity contribution in [2.24, 2.45) is 17.8 Å². The molecule has 5 atom stereocenters. The maximum absolute atomic E-state index is 13.4. The third kappa shape index (κ3) is 3.93. The Balaban J connectivity index is 1.34. The molecule has 1 N–H and O–H groups in total. The number of fused-ring (bicyclic) bond motifs is 6. The monoisotopic (exact) mass is 516 g/mol. The Morgan fingerprint density at radius 1 is 1.03 bits per heavy atom. The van der Waals surface area contributed by atoms with E-state index in [0.717, 1.165) is 16.0 Å². The first-order chi connectivity index (χ1) is 16.8. The van der Waals surface area contributed by atoms with Gasteiger partial charge in [0.05, 0.1) is 16.3 Å². The zero-order valence-electron chi connectivity index (χ0n) is 18.6. The summed E-state index contributed by atoms with van der Waals surface area (Å²) in [6, 6.07) is 15.1. The summed E-state index contributed by atoms with van der Waals surface area (Å²) in [5, 5.41) is 3.58. The third-order valence-corrected chi connectivity index (χ3v) is 10.5. The molecule has 4 unspecified atom stereocenters. The van der Waals surface area contributed by atoms with Crippen molar-refractivity contribution in [2.75, 3.05) is 5.32 Å². The average Bonchev–Trinajstić information content (AvgIpc) is 3.52. The molecule has 0 spiro atoms. The number of carbonyl (C=O) groups excluding carboxylic acids is 1. The second kappa shape index (κ2) is 8.55. The first kappa shape index (κ1) is 22.9. The standard InChI is InChI=1S/C26H23F3N2O2S2/c27-26(28,29)17-8-4-5-9-18(17)30-19(32)13-31-24-23(35-25(31)33)20(14-6-2-1-3-7-14)21-15-10-11-16(12-15)22(21)34-24/h1-9,15-16,20-22H,10-13H2,(H,30,32)/t15?,16?,20-,21?,22?/m1/s1. The summed E-state index contributed by atoms with van der Waals surface area (Å²) in [6.45, 7) is -0.309. The van der Waals surface area contributed by atoms with Gasteiger partial charge in [0.1, 0.15) is 6.54 Å². The van der Waals surface area contributed by atoms with Gasteiger partial charge in [-0.25, -0.2) is 0 Å². The van der Waals surface area contributed by atoms with Gasteiger partial charge >= 0.3 is 11.0 Å². The fraction of sp³-hybridized carbons (Fsp3) is 0.385. The minimum Gasteiger partial charge on any atom is -0.324 e. The Bertz CT molecular complexity index is 1330. The van der Waals surface area contributed by atoms with Crippen LogP contribution in [0.5, 0.6) is 0 Å². The van der Waals surface area contributed by atoms with Crippen molar-refractivity contribution in [3.05, 3.63) is 80.3 Å². The molecule has 1 aliphatic heterocycles. The van der Waals surface area contributed by atoms with Crippen LogP contribution in [0.25, 0.3) is 0 Å². The lowest BCUT2D eigenvalue weighted by molar-refractivity contribution is -0.137. The highest BCUT2D eigenvalue weighted by molar-refractivity contribution is 8.00. The van der Waals surface area contributed by atoms with Gasteiger partial charge < -0.3 is 5.32 Å². The molecule has 2 aromatic carbocycles. The van der Waals surface area contributed by atoms with E-state index in [1.807, 2.05) is 18.2 Å². The average molecular weight is 517 g/mol. The fourth-order valence-corrected chi connectivity index (χ4v) is 9.44. The van der Waals surface area contributed by atoms with Crippen LogP contribution < -0.4 is 10.2 Å². The lowest BCUT2D eigenvalue weighted by atomic mass is 9.75. The Morgan fingerprint density at radius 3 is 2.51 bits per heavy atom. The Morgan fingerprint density at radius 2 is 1.74 bits per heavy atom. The van der Waals surface area contributed by atoms with Crippen LogP contribution in [0, 0.1) is 17.8 Å². The van der Waals surface area contributed by atoms with Crippen LogP contribution >= 0.6 is 23.1 Å². The number of thioether (sulfide) groups is 1. The van der Waals surface area contributed by atoms with Gasteiger partial charge in [-0.2, -0.15) is 13.2 Å². The van der Waals surface area contributed by atoms with E-state index in [1.165, 1.54) is 58.9 Å². The van der Waals surface area contributed by atoms with E-state index in [4.69, 9.17) is 0 Å². The van der Waals surface area contributed by atoms with Crippen LogP contribution in [0.2, 0.25) is 0 Å². The number of benzene rings is 2. The number of hydrogen-bond donors (Lipinski definition) is 1. The number of alkyl halides is 3. The SMILES string of the molecule is O=C(Cn1c2c(sc1=O)[C@H](c1ccccc1)C1C3CCC(C3)C1S2)Nc1ccccc1C(F)(F)F. The van der Waals surface area contributed by atoms with Gasteiger partial charge in [-0.15, -0.1) is 11.8 Å². The fourth-order valence-electron chi connectivity index (χ4n) is 6.29. The van der Waals surface area contributed by atoms with E-state index < -0.39 is 17.6 Å². The summed E-state index contributed by atoms with van der Waals surface area (Å²) < 4.78 is 41.5. The molecule has 2 saturated carbocycles. The summed E-state index contributed by atoms with van der Waals surface area (Å²) in [5.74, 6) is 1.18. The number of nitrogens with zero attached hydrogens (tertiary/aromatic N) is 1. The number of thiazole rings is 1. The highest BCUT2D eigenvalue weighted by atomic mass is 32.2. The highest BCUT2D eigenvalue weighted by Crippen LogP contribution is 2.64. The molecule has 2 fully saturated rings. The molecule has 2 bridgehead atoms. The van der Waals surface area contributed by atoms with Gasteiger partial charge in [-0.1, -0.05) is 53.8 Å². The largest absolute Gasteiger partial charge is 0.418 e. The van der Waals surface area contributed by atoms with Crippen molar-refractivity contribution in [3.63, 3.8) is 0 Å². The number of carbonyl (C=O) groups is 1. The first-order valence-corrected chi connectivity index (χ1v) is 13.4. The van der Waals surface area contributed by atoms with Gasteiger partial charge in [0.25, 0.3) is 0 Å². The number of halogens is 3. The summed E-state index contributed by atoms with van der Waals surface area (Å²) in [6.07, 6.45) is -0.961. The molecule has 0 radical (unpaired) electrons. The van der Waals surface area contributed by atoms with E-state index in [-0.39, 0.29) is 23.0 Å². The molecule has 1 aromatic heterocycles. The molecule has 2 heterocycles. The van der Waals surface area contributed by atoms with Gasteiger partial charge in [0.2, 0.25) is 5.91 Å². The Hall–Kier alpha value is -2.52. The van der Waals surface area contributed by atoms with Crippen molar-refractivity contribution in [1.82, 2.24) is 4.57 Å². The minimum absolute atomic E-state index is 0.112. The van der Waals surface area contributed by atoms with Gasteiger partial charge in [0.15, 0.2) is 0 Å². The van der Waals surface area contributed by atoms with Crippen molar-refractivity contribution >= 4 is 34.7 Å². The number of anilines is 1. The van der Waals surface area contributed by atoms with Crippen LogP contribution in [0.4, 0.5) is 18.9 Å². The van der Waals surface area contributed by atoms with E-state index in [0.29, 0.717) is 23.0 Å². The van der Waals surface area contributed by atoms with Crippen molar-refractivity contribution < 1.29 is 18.0 Å². The smallest absolute Gasteiger partial charge is 0.324 e. The maximum atomic E-state index is 13.4. The second-order valence-corrected chi connectivity index (χ2v) is 11.8. The topological polar surface area (TPSA) is 51.1 Å². The molecular formula is C26H23F3N2O2S2. The second-order valence-electron chi connectivity index (χ2n) is 9.60. The van der Waals surface area contributed by atoms with Crippen molar-refractivity contribution in [2.45, 2.75) is 48.2 Å². The lowest BCUT2D eigenvalue weighted by Gasteiger charge is -2.40. The van der Waals surface area contributed by atoms with Crippen LogP contribution in [0.3, 0.4) is 0 Å². The minimum atomic E-state index is -4.59. The Labute approximate surface area is 208 Å². The molecule has 3 aromatic rings. The number of nitrogens with one attached hydrogen (secondary N) is 1. The highest BCUT2D eigenvalue weighted by Gasteiger charge is 2.55. The zero-order chi connectivity index (χ0) is 24.3. The van der Waals surface area contributed by atoms with Crippen LogP contribution in [-0.2, 0) is 17.5 Å². The van der Waals surface area contributed by atoms with Gasteiger partial charge in [-0.05, 0) is 54.7 Å². The molecule has 0 saturated heterocycles. The van der Waals surface area contributed by atoms with E-state index in [9.17, 15) is 22.8 Å². The van der Waals surface area contributed by atoms with E-state index in [1.54, 1.807) is 11.8 Å². The van der Waals surface area contributed by atoms with Crippen LogP contribution in [0.15, 0.2) is 64.4 Å². The molecule has 3 aliphatic rings. The molecule has 2 aliphatic carbocycles. The van der Waals surface area contributed by atoms with E-state index >= 15 is 0 Å².